The molecule has 0 radical (unpaired) electrons. The number of fused-ring (bicyclic) bond motifs is 1. The van der Waals surface area contributed by atoms with Gasteiger partial charge in [-0.3, -0.25) is 14.7 Å². The second-order valence-corrected chi connectivity index (χ2v) is 6.93. The van der Waals surface area contributed by atoms with Gasteiger partial charge in [-0.2, -0.15) is 5.26 Å². The topological polar surface area (TPSA) is 60.2 Å². The van der Waals surface area contributed by atoms with Crippen molar-refractivity contribution in [3.63, 3.8) is 0 Å². The summed E-state index contributed by atoms with van der Waals surface area (Å²) in [5.74, 6) is 0.302. The Labute approximate surface area is 154 Å². The molecule has 1 atom stereocenters. The van der Waals surface area contributed by atoms with Crippen LogP contribution in [0.1, 0.15) is 19.4 Å². The van der Waals surface area contributed by atoms with Crippen molar-refractivity contribution in [1.29, 1.82) is 5.26 Å². The standard InChI is InChI=1S/C21H24N4O/c1-16(2)19(15-22)24-11-13-25(14-12-24)20(26)9-8-18-6-3-5-17-7-4-10-23-21(17)18/h3-10,16,19H,11-14H2,1-2H3/b9-8+/t19-/m0/s1. The van der Waals surface area contributed by atoms with Crippen LogP contribution in [0.5, 0.6) is 0 Å². The van der Waals surface area contributed by atoms with Crippen molar-refractivity contribution < 1.29 is 4.79 Å². The van der Waals surface area contributed by atoms with Crippen molar-refractivity contribution in [3.05, 3.63) is 48.2 Å². The van der Waals surface area contributed by atoms with Gasteiger partial charge in [0, 0.05) is 49.4 Å². The number of piperazine rings is 1. The summed E-state index contributed by atoms with van der Waals surface area (Å²) >= 11 is 0. The summed E-state index contributed by atoms with van der Waals surface area (Å²) < 4.78 is 0. The first-order chi connectivity index (χ1) is 12.6. The summed E-state index contributed by atoms with van der Waals surface area (Å²) in [4.78, 5) is 21.0. The molecule has 1 aliphatic heterocycles. The number of carbonyl (C=O) groups excluding carboxylic acids is 1. The lowest BCUT2D eigenvalue weighted by atomic mass is 10.0. The minimum atomic E-state index is -0.0791. The average Bonchev–Trinajstić information content (AvgIpc) is 2.67. The molecule has 1 saturated heterocycles. The fraction of sp³-hybridized carbons (Fsp3) is 0.381. The molecule has 2 aromatic rings. The summed E-state index contributed by atoms with van der Waals surface area (Å²) in [5.41, 5.74) is 1.84. The first-order valence-electron chi connectivity index (χ1n) is 9.04. The number of amides is 1. The smallest absolute Gasteiger partial charge is 0.246 e. The highest BCUT2D eigenvalue weighted by molar-refractivity contribution is 5.95. The van der Waals surface area contributed by atoms with Crippen LogP contribution in [0.4, 0.5) is 0 Å². The van der Waals surface area contributed by atoms with Crippen molar-refractivity contribution in [2.45, 2.75) is 19.9 Å². The van der Waals surface area contributed by atoms with E-state index in [0.29, 0.717) is 19.0 Å². The Bertz CT molecular complexity index is 839. The van der Waals surface area contributed by atoms with Crippen LogP contribution in [0.25, 0.3) is 17.0 Å². The number of pyridine rings is 1. The molecular weight excluding hydrogens is 324 g/mol. The number of hydrogen-bond acceptors (Lipinski definition) is 4. The zero-order chi connectivity index (χ0) is 18.5. The van der Waals surface area contributed by atoms with E-state index in [2.05, 4.69) is 29.8 Å². The van der Waals surface area contributed by atoms with Gasteiger partial charge in [-0.15, -0.1) is 0 Å². The highest BCUT2D eigenvalue weighted by Crippen LogP contribution is 2.18. The minimum absolute atomic E-state index is 0.00985. The number of benzene rings is 1. The van der Waals surface area contributed by atoms with Gasteiger partial charge in [0.05, 0.1) is 11.6 Å². The number of rotatable bonds is 4. The minimum Gasteiger partial charge on any atom is -0.337 e. The van der Waals surface area contributed by atoms with Crippen LogP contribution < -0.4 is 0 Å². The fourth-order valence-electron chi connectivity index (χ4n) is 3.40. The van der Waals surface area contributed by atoms with E-state index in [0.717, 1.165) is 29.6 Å². The third-order valence-electron chi connectivity index (χ3n) is 4.85. The molecule has 3 rings (SSSR count). The molecule has 1 aliphatic rings. The second kappa shape index (κ2) is 8.11. The number of aromatic nitrogens is 1. The number of para-hydroxylation sites is 1. The van der Waals surface area contributed by atoms with Crippen LogP contribution in [0.15, 0.2) is 42.6 Å². The molecule has 0 N–H and O–H groups in total. The van der Waals surface area contributed by atoms with Crippen LogP contribution in [-0.4, -0.2) is 52.9 Å². The zero-order valence-electron chi connectivity index (χ0n) is 15.3. The Morgan fingerprint density at radius 3 is 2.62 bits per heavy atom. The molecule has 0 spiro atoms. The van der Waals surface area contributed by atoms with Gasteiger partial charge in [-0.05, 0) is 18.1 Å². The lowest BCUT2D eigenvalue weighted by Crippen LogP contribution is -2.52. The maximum absolute atomic E-state index is 12.5. The fourth-order valence-corrected chi connectivity index (χ4v) is 3.40. The SMILES string of the molecule is CC(C)[C@H](C#N)N1CCN(C(=O)/C=C/c2cccc3cccnc23)CC1. The summed E-state index contributed by atoms with van der Waals surface area (Å²) in [6.45, 7) is 6.92. The van der Waals surface area contributed by atoms with Crippen LogP contribution in [0, 0.1) is 17.2 Å². The largest absolute Gasteiger partial charge is 0.337 e. The highest BCUT2D eigenvalue weighted by Gasteiger charge is 2.26. The number of nitriles is 1. The molecule has 0 aliphatic carbocycles. The Hall–Kier alpha value is -2.71. The number of hydrogen-bond donors (Lipinski definition) is 0. The first kappa shape index (κ1) is 18.1. The van der Waals surface area contributed by atoms with E-state index in [1.54, 1.807) is 12.3 Å². The van der Waals surface area contributed by atoms with Gasteiger partial charge in [0.15, 0.2) is 0 Å². The third kappa shape index (κ3) is 3.92. The van der Waals surface area contributed by atoms with E-state index >= 15 is 0 Å². The highest BCUT2D eigenvalue weighted by atomic mass is 16.2. The molecule has 0 saturated carbocycles. The monoisotopic (exact) mass is 348 g/mol. The quantitative estimate of drug-likeness (QED) is 0.797. The number of carbonyl (C=O) groups is 1. The summed E-state index contributed by atoms with van der Waals surface area (Å²) in [5, 5.41) is 10.4. The van der Waals surface area contributed by atoms with Gasteiger partial charge in [0.25, 0.3) is 0 Å². The predicted octanol–water partition coefficient (Wildman–Crippen LogP) is 2.94. The van der Waals surface area contributed by atoms with Gasteiger partial charge in [-0.25, -0.2) is 0 Å². The van der Waals surface area contributed by atoms with E-state index in [4.69, 9.17) is 0 Å². The van der Waals surface area contributed by atoms with Gasteiger partial charge in [-0.1, -0.05) is 38.1 Å². The third-order valence-corrected chi connectivity index (χ3v) is 4.85. The van der Waals surface area contributed by atoms with Crippen molar-refractivity contribution in [2.75, 3.05) is 26.2 Å². The van der Waals surface area contributed by atoms with Gasteiger partial charge < -0.3 is 4.90 Å². The van der Waals surface area contributed by atoms with Crippen molar-refractivity contribution in [3.8, 4) is 6.07 Å². The van der Waals surface area contributed by atoms with Gasteiger partial charge >= 0.3 is 0 Å². The maximum Gasteiger partial charge on any atom is 0.246 e. The van der Waals surface area contributed by atoms with E-state index in [1.165, 1.54) is 0 Å². The van der Waals surface area contributed by atoms with Crippen molar-refractivity contribution in [1.82, 2.24) is 14.8 Å². The molecule has 134 valence electrons. The molecule has 2 heterocycles. The zero-order valence-corrected chi connectivity index (χ0v) is 15.3. The van der Waals surface area contributed by atoms with Crippen LogP contribution >= 0.6 is 0 Å². The van der Waals surface area contributed by atoms with E-state index in [-0.39, 0.29) is 11.9 Å². The van der Waals surface area contributed by atoms with Gasteiger partial charge in [0.2, 0.25) is 5.91 Å². The molecular formula is C21H24N4O. The molecule has 1 amide bonds. The van der Waals surface area contributed by atoms with Crippen molar-refractivity contribution in [2.24, 2.45) is 5.92 Å². The Balaban J connectivity index is 1.64. The lowest BCUT2D eigenvalue weighted by Gasteiger charge is -2.37. The summed E-state index contributed by atoms with van der Waals surface area (Å²) in [6, 6.07) is 12.2. The van der Waals surface area contributed by atoms with Crippen LogP contribution in [0.2, 0.25) is 0 Å². The average molecular weight is 348 g/mol. The normalized spacial score (nSPS) is 16.9. The van der Waals surface area contributed by atoms with Gasteiger partial charge in [0.1, 0.15) is 6.04 Å². The Morgan fingerprint density at radius 2 is 1.92 bits per heavy atom. The molecule has 5 heteroatoms. The summed E-state index contributed by atoms with van der Waals surface area (Å²) in [7, 11) is 0. The molecule has 0 unspecified atom stereocenters. The van der Waals surface area contributed by atoms with Crippen LogP contribution in [-0.2, 0) is 4.79 Å². The number of nitrogens with zero attached hydrogens (tertiary/aromatic N) is 4. The van der Waals surface area contributed by atoms with E-state index < -0.39 is 0 Å². The second-order valence-electron chi connectivity index (χ2n) is 6.93. The summed E-state index contributed by atoms with van der Waals surface area (Å²) in [6.07, 6.45) is 5.24. The molecule has 1 fully saturated rings. The Morgan fingerprint density at radius 1 is 1.19 bits per heavy atom. The molecule has 1 aromatic heterocycles. The first-order valence-corrected chi connectivity index (χ1v) is 9.04. The predicted molar refractivity (Wildman–Crippen MR) is 103 cm³/mol. The maximum atomic E-state index is 12.5. The lowest BCUT2D eigenvalue weighted by molar-refractivity contribution is -0.127. The van der Waals surface area contributed by atoms with Crippen LogP contribution in [0.3, 0.4) is 0 Å². The van der Waals surface area contributed by atoms with Crippen molar-refractivity contribution >= 4 is 22.9 Å². The van der Waals surface area contributed by atoms with E-state index in [9.17, 15) is 10.1 Å². The molecule has 1 aromatic carbocycles. The molecule has 26 heavy (non-hydrogen) atoms. The van der Waals surface area contributed by atoms with E-state index in [1.807, 2.05) is 41.3 Å². The Kier molecular flexibility index (Phi) is 5.65. The molecule has 0 bridgehead atoms. The molecule has 5 nitrogen and oxygen atoms in total.